The van der Waals surface area contributed by atoms with Gasteiger partial charge in [-0.15, -0.1) is 0 Å². The first-order valence-electron chi connectivity index (χ1n) is 5.97. The van der Waals surface area contributed by atoms with Gasteiger partial charge in [-0.2, -0.15) is 0 Å². The zero-order valence-corrected chi connectivity index (χ0v) is 10.9. The fourth-order valence-electron chi connectivity index (χ4n) is 1.92. The van der Waals surface area contributed by atoms with E-state index in [1.807, 2.05) is 31.2 Å². The molecule has 2 aromatic rings. The number of benzene rings is 1. The highest BCUT2D eigenvalue weighted by Gasteiger charge is 2.17. The highest BCUT2D eigenvalue weighted by Crippen LogP contribution is 2.25. The van der Waals surface area contributed by atoms with Gasteiger partial charge in [-0.05, 0) is 25.5 Å². The molecular weight excluding hydrogens is 242 g/mol. The average molecular weight is 257 g/mol. The van der Waals surface area contributed by atoms with Crippen molar-refractivity contribution < 1.29 is 4.92 Å². The molecule has 2 rings (SSSR count). The van der Waals surface area contributed by atoms with Crippen molar-refractivity contribution in [1.82, 2.24) is 4.98 Å². The quantitative estimate of drug-likeness (QED) is 0.674. The number of hydrogen-bond acceptors (Lipinski definition) is 4. The average Bonchev–Trinajstić information content (AvgIpc) is 2.36. The molecule has 0 amide bonds. The van der Waals surface area contributed by atoms with Crippen molar-refractivity contribution in [2.75, 3.05) is 5.32 Å². The molecule has 0 aliphatic heterocycles. The number of rotatable bonds is 4. The zero-order chi connectivity index (χ0) is 13.8. The van der Waals surface area contributed by atoms with Crippen LogP contribution >= 0.6 is 0 Å². The van der Waals surface area contributed by atoms with Gasteiger partial charge in [-0.25, -0.2) is 4.98 Å². The molecule has 0 radical (unpaired) electrons. The Morgan fingerprint density at radius 1 is 1.32 bits per heavy atom. The molecule has 1 aromatic carbocycles. The molecule has 0 bridgehead atoms. The van der Waals surface area contributed by atoms with Gasteiger partial charge in [-0.3, -0.25) is 10.1 Å². The standard InChI is InChI=1S/C14H15N3O2/c1-10-4-3-5-12(8-10)9-16-14-13(17(18)19)11(2)6-7-15-14/h3-8H,9H2,1-2H3,(H,15,16). The molecule has 98 valence electrons. The van der Waals surface area contributed by atoms with E-state index in [1.54, 1.807) is 19.2 Å². The van der Waals surface area contributed by atoms with Gasteiger partial charge in [0.15, 0.2) is 0 Å². The van der Waals surface area contributed by atoms with Crippen molar-refractivity contribution in [1.29, 1.82) is 0 Å². The van der Waals surface area contributed by atoms with Crippen molar-refractivity contribution in [3.8, 4) is 0 Å². The first-order valence-corrected chi connectivity index (χ1v) is 5.97. The van der Waals surface area contributed by atoms with E-state index in [-0.39, 0.29) is 5.69 Å². The highest BCUT2D eigenvalue weighted by molar-refractivity contribution is 5.59. The molecule has 0 saturated heterocycles. The summed E-state index contributed by atoms with van der Waals surface area (Å²) in [6.45, 7) is 4.23. The summed E-state index contributed by atoms with van der Waals surface area (Å²) in [6, 6.07) is 9.62. The Labute approximate surface area is 111 Å². The monoisotopic (exact) mass is 257 g/mol. The predicted octanol–water partition coefficient (Wildman–Crippen LogP) is 3.22. The minimum absolute atomic E-state index is 0.0372. The van der Waals surface area contributed by atoms with Crippen molar-refractivity contribution >= 4 is 11.5 Å². The maximum absolute atomic E-state index is 11.0. The van der Waals surface area contributed by atoms with E-state index in [0.717, 1.165) is 11.1 Å². The molecule has 5 heteroatoms. The van der Waals surface area contributed by atoms with Crippen LogP contribution in [0.1, 0.15) is 16.7 Å². The van der Waals surface area contributed by atoms with Crippen LogP contribution in [-0.4, -0.2) is 9.91 Å². The van der Waals surface area contributed by atoms with Gasteiger partial charge in [0.05, 0.1) is 4.92 Å². The Balaban J connectivity index is 2.20. The second kappa shape index (κ2) is 5.48. The van der Waals surface area contributed by atoms with Gasteiger partial charge in [0.2, 0.25) is 5.82 Å². The van der Waals surface area contributed by atoms with Gasteiger partial charge in [0, 0.05) is 18.3 Å². The SMILES string of the molecule is Cc1cccc(CNc2nccc(C)c2[N+](=O)[O-])c1. The summed E-state index contributed by atoms with van der Waals surface area (Å²) in [6.07, 6.45) is 1.57. The van der Waals surface area contributed by atoms with E-state index < -0.39 is 4.92 Å². The minimum atomic E-state index is -0.402. The number of aryl methyl sites for hydroxylation is 2. The van der Waals surface area contributed by atoms with E-state index in [0.29, 0.717) is 17.9 Å². The van der Waals surface area contributed by atoms with Crippen LogP contribution < -0.4 is 5.32 Å². The minimum Gasteiger partial charge on any atom is -0.360 e. The topological polar surface area (TPSA) is 68.1 Å². The lowest BCUT2D eigenvalue weighted by Gasteiger charge is -2.08. The van der Waals surface area contributed by atoms with Crippen LogP contribution in [0.5, 0.6) is 0 Å². The van der Waals surface area contributed by atoms with Gasteiger partial charge in [0.1, 0.15) is 0 Å². The normalized spacial score (nSPS) is 10.2. The Kier molecular flexibility index (Phi) is 3.75. The van der Waals surface area contributed by atoms with E-state index >= 15 is 0 Å². The second-order valence-electron chi connectivity index (χ2n) is 4.42. The maximum atomic E-state index is 11.0. The number of anilines is 1. The van der Waals surface area contributed by atoms with Crippen LogP contribution in [0.2, 0.25) is 0 Å². The molecule has 0 atom stereocenters. The van der Waals surface area contributed by atoms with Crippen LogP contribution in [0.3, 0.4) is 0 Å². The third kappa shape index (κ3) is 3.07. The summed E-state index contributed by atoms with van der Waals surface area (Å²) in [5.41, 5.74) is 2.87. The van der Waals surface area contributed by atoms with Crippen molar-refractivity contribution in [2.45, 2.75) is 20.4 Å². The predicted molar refractivity (Wildman–Crippen MR) is 74.1 cm³/mol. The summed E-state index contributed by atoms with van der Waals surface area (Å²) in [4.78, 5) is 14.7. The lowest BCUT2D eigenvalue weighted by atomic mass is 10.1. The van der Waals surface area contributed by atoms with Crippen LogP contribution in [0, 0.1) is 24.0 Å². The third-order valence-electron chi connectivity index (χ3n) is 2.85. The van der Waals surface area contributed by atoms with Crippen molar-refractivity contribution in [2.24, 2.45) is 0 Å². The number of nitrogens with one attached hydrogen (secondary N) is 1. The van der Waals surface area contributed by atoms with E-state index in [1.165, 1.54) is 0 Å². The number of nitrogens with zero attached hydrogens (tertiary/aromatic N) is 2. The lowest BCUT2D eigenvalue weighted by Crippen LogP contribution is -2.05. The number of aromatic nitrogens is 1. The first kappa shape index (κ1) is 13.0. The molecule has 0 spiro atoms. The number of nitro groups is 1. The number of pyridine rings is 1. The summed E-state index contributed by atoms with van der Waals surface area (Å²) in [7, 11) is 0. The Morgan fingerprint density at radius 2 is 2.11 bits per heavy atom. The van der Waals surface area contributed by atoms with E-state index in [4.69, 9.17) is 0 Å². The summed E-state index contributed by atoms with van der Waals surface area (Å²) in [5.74, 6) is 0.312. The van der Waals surface area contributed by atoms with Gasteiger partial charge < -0.3 is 5.32 Å². The second-order valence-corrected chi connectivity index (χ2v) is 4.42. The fourth-order valence-corrected chi connectivity index (χ4v) is 1.92. The van der Waals surface area contributed by atoms with Crippen molar-refractivity contribution in [3.63, 3.8) is 0 Å². The van der Waals surface area contributed by atoms with E-state index in [2.05, 4.69) is 10.3 Å². The van der Waals surface area contributed by atoms with Crippen molar-refractivity contribution in [3.05, 3.63) is 63.3 Å². The summed E-state index contributed by atoms with van der Waals surface area (Å²) < 4.78 is 0. The Hall–Kier alpha value is -2.43. The van der Waals surface area contributed by atoms with Gasteiger partial charge in [0.25, 0.3) is 0 Å². The molecular formula is C14H15N3O2. The molecule has 19 heavy (non-hydrogen) atoms. The summed E-state index contributed by atoms with van der Waals surface area (Å²) in [5, 5.41) is 14.1. The molecule has 1 heterocycles. The number of hydrogen-bond donors (Lipinski definition) is 1. The summed E-state index contributed by atoms with van der Waals surface area (Å²) >= 11 is 0. The van der Waals surface area contributed by atoms with Gasteiger partial charge in [-0.1, -0.05) is 29.8 Å². The molecule has 0 unspecified atom stereocenters. The third-order valence-corrected chi connectivity index (χ3v) is 2.85. The molecule has 0 aliphatic carbocycles. The molecule has 0 saturated carbocycles. The molecule has 0 fully saturated rings. The van der Waals surface area contributed by atoms with Crippen LogP contribution in [0.4, 0.5) is 11.5 Å². The van der Waals surface area contributed by atoms with E-state index in [9.17, 15) is 10.1 Å². The molecule has 5 nitrogen and oxygen atoms in total. The molecule has 0 aliphatic rings. The highest BCUT2D eigenvalue weighted by atomic mass is 16.6. The molecule has 1 aromatic heterocycles. The maximum Gasteiger partial charge on any atom is 0.314 e. The lowest BCUT2D eigenvalue weighted by molar-refractivity contribution is -0.384. The smallest absolute Gasteiger partial charge is 0.314 e. The Morgan fingerprint density at radius 3 is 2.79 bits per heavy atom. The zero-order valence-electron chi connectivity index (χ0n) is 10.9. The van der Waals surface area contributed by atoms with Crippen LogP contribution in [0.15, 0.2) is 36.5 Å². The fraction of sp³-hybridized carbons (Fsp3) is 0.214. The van der Waals surface area contributed by atoms with Crippen LogP contribution in [-0.2, 0) is 6.54 Å². The first-order chi connectivity index (χ1) is 9.08. The largest absolute Gasteiger partial charge is 0.360 e. The molecule has 1 N–H and O–H groups in total. The Bertz CT molecular complexity index is 611. The van der Waals surface area contributed by atoms with Gasteiger partial charge >= 0.3 is 5.69 Å². The van der Waals surface area contributed by atoms with Crippen LogP contribution in [0.25, 0.3) is 0 Å².